The number of ether oxygens (including phenoxy) is 1. The van der Waals surface area contributed by atoms with E-state index in [1.807, 2.05) is 26.8 Å². The van der Waals surface area contributed by atoms with E-state index in [0.29, 0.717) is 15.8 Å². The second-order valence-electron chi connectivity index (χ2n) is 5.46. The fourth-order valence-corrected chi connectivity index (χ4v) is 2.40. The summed E-state index contributed by atoms with van der Waals surface area (Å²) in [7, 11) is 0. The van der Waals surface area contributed by atoms with Crippen molar-refractivity contribution in [2.75, 3.05) is 6.61 Å². The maximum atomic E-state index is 11.8. The topological polar surface area (TPSA) is 50.7 Å². The van der Waals surface area contributed by atoms with Gasteiger partial charge in [-0.15, -0.1) is 0 Å². The molecule has 0 heterocycles. The Bertz CT molecular complexity index is 789. The average molecular weight is 365 g/mol. The molecule has 1 amide bonds. The maximum absolute atomic E-state index is 11.8. The molecule has 24 heavy (non-hydrogen) atoms. The Kier molecular flexibility index (Phi) is 6.23. The van der Waals surface area contributed by atoms with Gasteiger partial charge in [0.1, 0.15) is 5.75 Å². The number of rotatable bonds is 5. The van der Waals surface area contributed by atoms with Crippen LogP contribution >= 0.6 is 23.2 Å². The molecule has 0 aliphatic rings. The number of amides is 1. The number of nitrogens with zero attached hydrogens (tertiary/aromatic N) is 1. The van der Waals surface area contributed by atoms with Crippen molar-refractivity contribution in [2.45, 2.75) is 20.8 Å². The van der Waals surface area contributed by atoms with Crippen molar-refractivity contribution < 1.29 is 9.53 Å². The van der Waals surface area contributed by atoms with Crippen LogP contribution in [-0.2, 0) is 4.79 Å². The zero-order chi connectivity index (χ0) is 17.7. The molecule has 4 nitrogen and oxygen atoms in total. The van der Waals surface area contributed by atoms with Gasteiger partial charge in [-0.1, -0.05) is 35.3 Å². The van der Waals surface area contributed by atoms with Gasteiger partial charge in [-0.25, -0.2) is 5.43 Å². The fraction of sp³-hybridized carbons (Fsp3) is 0.222. The molecule has 0 atom stereocenters. The van der Waals surface area contributed by atoms with E-state index >= 15 is 0 Å². The van der Waals surface area contributed by atoms with E-state index in [0.717, 1.165) is 22.3 Å². The molecule has 2 rings (SSSR count). The van der Waals surface area contributed by atoms with Crippen molar-refractivity contribution in [1.29, 1.82) is 0 Å². The summed E-state index contributed by atoms with van der Waals surface area (Å²) in [6, 6.07) is 9.06. The van der Waals surface area contributed by atoms with Crippen molar-refractivity contribution in [2.24, 2.45) is 5.10 Å². The molecule has 1 N–H and O–H groups in total. The molecular formula is C18H18Cl2N2O2. The van der Waals surface area contributed by atoms with Crippen LogP contribution in [0.3, 0.4) is 0 Å². The zero-order valence-corrected chi connectivity index (χ0v) is 15.2. The van der Waals surface area contributed by atoms with E-state index in [1.54, 1.807) is 18.2 Å². The van der Waals surface area contributed by atoms with Gasteiger partial charge in [-0.05, 0) is 61.2 Å². The van der Waals surface area contributed by atoms with E-state index in [9.17, 15) is 4.79 Å². The highest BCUT2D eigenvalue weighted by Crippen LogP contribution is 2.23. The molecule has 0 spiro atoms. The number of halogens is 2. The Morgan fingerprint density at radius 1 is 1.17 bits per heavy atom. The minimum atomic E-state index is -0.343. The summed E-state index contributed by atoms with van der Waals surface area (Å²) in [5.41, 5.74) is 6.38. The summed E-state index contributed by atoms with van der Waals surface area (Å²) in [6.07, 6.45) is 1.49. The Balaban J connectivity index is 1.90. The summed E-state index contributed by atoms with van der Waals surface area (Å²) in [4.78, 5) is 11.8. The first-order valence-corrected chi connectivity index (χ1v) is 8.10. The first-order valence-electron chi connectivity index (χ1n) is 7.34. The summed E-state index contributed by atoms with van der Waals surface area (Å²) >= 11 is 11.7. The van der Waals surface area contributed by atoms with Gasteiger partial charge in [0.25, 0.3) is 5.91 Å². The number of aryl methyl sites for hydroxylation is 2. The van der Waals surface area contributed by atoms with Crippen molar-refractivity contribution in [1.82, 2.24) is 5.43 Å². The predicted octanol–water partition coefficient (Wildman–Crippen LogP) is 4.45. The fourth-order valence-electron chi connectivity index (χ4n) is 2.10. The average Bonchev–Trinajstić information content (AvgIpc) is 2.53. The molecule has 2 aromatic rings. The first-order chi connectivity index (χ1) is 11.4. The largest absolute Gasteiger partial charge is 0.483 e. The summed E-state index contributed by atoms with van der Waals surface area (Å²) in [5, 5.41) is 4.77. The molecule has 0 aliphatic carbocycles. The van der Waals surface area contributed by atoms with Crippen molar-refractivity contribution in [3.63, 3.8) is 0 Å². The van der Waals surface area contributed by atoms with Crippen LogP contribution in [0.2, 0.25) is 10.0 Å². The van der Waals surface area contributed by atoms with Crippen LogP contribution in [0.4, 0.5) is 0 Å². The van der Waals surface area contributed by atoms with Crippen LogP contribution < -0.4 is 10.2 Å². The standard InChI is InChI=1S/C18H18Cl2N2O2/c1-11-6-12(2)13(3)17(7-11)24-10-18(23)22-21-9-14-4-5-15(19)16(20)8-14/h4-9H,10H2,1-3H3,(H,22,23)/b21-9+. The van der Waals surface area contributed by atoms with Gasteiger partial charge in [-0.3, -0.25) is 4.79 Å². The van der Waals surface area contributed by atoms with Gasteiger partial charge in [0.15, 0.2) is 6.61 Å². The van der Waals surface area contributed by atoms with Gasteiger partial charge >= 0.3 is 0 Å². The van der Waals surface area contributed by atoms with E-state index in [2.05, 4.69) is 16.6 Å². The van der Waals surface area contributed by atoms with Crippen LogP contribution in [0.15, 0.2) is 35.4 Å². The number of carbonyl (C=O) groups is 1. The zero-order valence-electron chi connectivity index (χ0n) is 13.7. The molecule has 0 aromatic heterocycles. The molecule has 2 aromatic carbocycles. The summed E-state index contributed by atoms with van der Waals surface area (Å²) in [6.45, 7) is 5.85. The molecular weight excluding hydrogens is 347 g/mol. The van der Waals surface area contributed by atoms with E-state index in [4.69, 9.17) is 27.9 Å². The quantitative estimate of drug-likeness (QED) is 0.629. The maximum Gasteiger partial charge on any atom is 0.277 e. The van der Waals surface area contributed by atoms with Crippen LogP contribution in [-0.4, -0.2) is 18.7 Å². The van der Waals surface area contributed by atoms with Crippen LogP contribution in [0.5, 0.6) is 5.75 Å². The van der Waals surface area contributed by atoms with E-state index < -0.39 is 0 Å². The second kappa shape index (κ2) is 8.18. The lowest BCUT2D eigenvalue weighted by atomic mass is 10.1. The monoisotopic (exact) mass is 364 g/mol. The smallest absolute Gasteiger partial charge is 0.277 e. The second-order valence-corrected chi connectivity index (χ2v) is 6.27. The number of hydrazone groups is 1. The van der Waals surface area contributed by atoms with Crippen molar-refractivity contribution in [3.8, 4) is 5.75 Å². The van der Waals surface area contributed by atoms with Gasteiger partial charge in [0.2, 0.25) is 0 Å². The Morgan fingerprint density at radius 3 is 2.62 bits per heavy atom. The minimum Gasteiger partial charge on any atom is -0.483 e. The van der Waals surface area contributed by atoms with Crippen molar-refractivity contribution in [3.05, 3.63) is 62.6 Å². The Hall–Kier alpha value is -2.04. The third-order valence-electron chi connectivity index (χ3n) is 3.47. The Morgan fingerprint density at radius 2 is 1.92 bits per heavy atom. The van der Waals surface area contributed by atoms with Crippen molar-refractivity contribution >= 4 is 35.3 Å². The molecule has 126 valence electrons. The molecule has 0 bridgehead atoms. The highest BCUT2D eigenvalue weighted by molar-refractivity contribution is 6.42. The van der Waals surface area contributed by atoms with Gasteiger partial charge < -0.3 is 4.74 Å². The van der Waals surface area contributed by atoms with Crippen LogP contribution in [0.1, 0.15) is 22.3 Å². The third-order valence-corrected chi connectivity index (χ3v) is 4.21. The van der Waals surface area contributed by atoms with Gasteiger partial charge in [0, 0.05) is 0 Å². The highest BCUT2D eigenvalue weighted by Gasteiger charge is 2.07. The number of carbonyl (C=O) groups excluding carboxylic acids is 1. The molecule has 6 heteroatoms. The number of nitrogens with one attached hydrogen (secondary N) is 1. The summed E-state index contributed by atoms with van der Waals surface area (Å²) < 4.78 is 5.57. The van der Waals surface area contributed by atoms with Crippen LogP contribution in [0.25, 0.3) is 0 Å². The van der Waals surface area contributed by atoms with Crippen LogP contribution in [0, 0.1) is 20.8 Å². The molecule has 0 saturated carbocycles. The minimum absolute atomic E-state index is 0.109. The molecule has 0 unspecified atom stereocenters. The van der Waals surface area contributed by atoms with Gasteiger partial charge in [0.05, 0.1) is 16.3 Å². The van der Waals surface area contributed by atoms with E-state index in [-0.39, 0.29) is 12.5 Å². The summed E-state index contributed by atoms with van der Waals surface area (Å²) in [5.74, 6) is 0.362. The number of benzene rings is 2. The third kappa shape index (κ3) is 4.98. The normalized spacial score (nSPS) is 10.9. The molecule has 0 aliphatic heterocycles. The number of hydrogen-bond donors (Lipinski definition) is 1. The van der Waals surface area contributed by atoms with Gasteiger partial charge in [-0.2, -0.15) is 5.10 Å². The highest BCUT2D eigenvalue weighted by atomic mass is 35.5. The Labute approximate surface area is 151 Å². The SMILES string of the molecule is Cc1cc(C)c(C)c(OCC(=O)N/N=C/c2ccc(Cl)c(Cl)c2)c1. The molecule has 0 fully saturated rings. The lowest BCUT2D eigenvalue weighted by Gasteiger charge is -2.11. The van der Waals surface area contributed by atoms with E-state index in [1.165, 1.54) is 6.21 Å². The lowest BCUT2D eigenvalue weighted by molar-refractivity contribution is -0.123. The molecule has 0 saturated heterocycles. The number of hydrogen-bond acceptors (Lipinski definition) is 3. The first kappa shape index (κ1) is 18.3. The molecule has 0 radical (unpaired) electrons. The lowest BCUT2D eigenvalue weighted by Crippen LogP contribution is -2.24. The predicted molar refractivity (Wildman–Crippen MR) is 98.3 cm³/mol.